The van der Waals surface area contributed by atoms with E-state index in [2.05, 4.69) is 21.0 Å². The molecule has 0 saturated heterocycles. The molecule has 0 saturated carbocycles. The minimum Gasteiger partial charge on any atom is -0.484 e. The van der Waals surface area contributed by atoms with Crippen molar-refractivity contribution in [3.05, 3.63) is 39.1 Å². The maximum absolute atomic E-state index is 6.35. The van der Waals surface area contributed by atoms with Crippen LogP contribution in [0.4, 0.5) is 5.69 Å². The molecular weight excluding hydrogens is 342 g/mol. The molecule has 2 aromatic rings. The van der Waals surface area contributed by atoms with Gasteiger partial charge in [0.1, 0.15) is 6.61 Å². The molecule has 1 aromatic heterocycles. The van der Waals surface area contributed by atoms with Crippen LogP contribution < -0.4 is 10.5 Å². The van der Waals surface area contributed by atoms with Crippen molar-refractivity contribution in [1.82, 2.24) is 9.78 Å². The molecule has 0 atom stereocenters. The van der Waals surface area contributed by atoms with E-state index in [-0.39, 0.29) is 0 Å². The summed E-state index contributed by atoms with van der Waals surface area (Å²) in [6.45, 7) is 5.15. The van der Waals surface area contributed by atoms with E-state index < -0.39 is 0 Å². The number of nitrogens with two attached hydrogens (primary N) is 1. The monoisotopic (exact) mass is 357 g/mol. The molecule has 1 heterocycles. The van der Waals surface area contributed by atoms with Gasteiger partial charge in [-0.3, -0.25) is 4.68 Å². The van der Waals surface area contributed by atoms with Crippen LogP contribution in [-0.4, -0.2) is 9.78 Å². The molecule has 6 heteroatoms. The number of aryl methyl sites for hydroxylation is 2. The van der Waals surface area contributed by atoms with Crippen LogP contribution in [0, 0.1) is 0 Å². The van der Waals surface area contributed by atoms with Crippen molar-refractivity contribution in [1.29, 1.82) is 0 Å². The fourth-order valence-corrected chi connectivity index (χ4v) is 2.79. The Morgan fingerprint density at radius 1 is 1.40 bits per heavy atom. The molecular formula is C14H17BrClN3O. The van der Waals surface area contributed by atoms with Crippen LogP contribution in [0.25, 0.3) is 0 Å². The predicted octanol–water partition coefficient (Wildman–Crippen LogP) is 4.04. The Hall–Kier alpha value is -1.20. The Morgan fingerprint density at radius 3 is 2.75 bits per heavy atom. The molecule has 2 N–H and O–H groups in total. The van der Waals surface area contributed by atoms with Gasteiger partial charge < -0.3 is 10.5 Å². The number of para-hydroxylation sites is 1. The minimum absolute atomic E-state index is 0.340. The van der Waals surface area contributed by atoms with Crippen LogP contribution in [0.1, 0.15) is 25.2 Å². The van der Waals surface area contributed by atoms with Crippen LogP contribution in [-0.2, 0) is 19.6 Å². The number of hydrogen-bond donors (Lipinski definition) is 1. The SMILES string of the molecule is CCc1nn(CC)c(COc2c(N)cccc2Br)c1Cl. The predicted molar refractivity (Wildman–Crippen MR) is 85.2 cm³/mol. The molecule has 0 amide bonds. The third kappa shape index (κ3) is 2.94. The zero-order chi connectivity index (χ0) is 14.7. The highest BCUT2D eigenvalue weighted by Crippen LogP contribution is 2.32. The van der Waals surface area contributed by atoms with Gasteiger partial charge in [-0.2, -0.15) is 5.10 Å². The Kier molecular flexibility index (Phi) is 4.94. The van der Waals surface area contributed by atoms with E-state index in [9.17, 15) is 0 Å². The lowest BCUT2D eigenvalue weighted by Crippen LogP contribution is -2.07. The highest BCUT2D eigenvalue weighted by atomic mass is 79.9. The number of aromatic nitrogens is 2. The second-order valence-corrected chi connectivity index (χ2v) is 5.56. The van der Waals surface area contributed by atoms with Gasteiger partial charge in [0.25, 0.3) is 0 Å². The summed E-state index contributed by atoms with van der Waals surface area (Å²) in [6, 6.07) is 5.56. The van der Waals surface area contributed by atoms with Gasteiger partial charge in [-0.15, -0.1) is 0 Å². The van der Waals surface area contributed by atoms with Crippen molar-refractivity contribution in [2.24, 2.45) is 0 Å². The standard InChI is InChI=1S/C14H17BrClN3O/c1-3-11-13(16)12(19(4-2)18-11)8-20-14-9(15)6-5-7-10(14)17/h5-7H,3-4,8,17H2,1-2H3. The van der Waals surface area contributed by atoms with Crippen LogP contribution >= 0.6 is 27.5 Å². The maximum Gasteiger partial charge on any atom is 0.156 e. The summed E-state index contributed by atoms with van der Waals surface area (Å²) in [6.07, 6.45) is 0.802. The van der Waals surface area contributed by atoms with Crippen LogP contribution in [0.3, 0.4) is 0 Å². The fraction of sp³-hybridized carbons (Fsp3) is 0.357. The van der Waals surface area contributed by atoms with E-state index in [0.29, 0.717) is 23.1 Å². The zero-order valence-electron chi connectivity index (χ0n) is 11.5. The number of ether oxygens (including phenoxy) is 1. The summed E-state index contributed by atoms with van der Waals surface area (Å²) in [5, 5.41) is 5.15. The Bertz CT molecular complexity index is 592. The third-order valence-electron chi connectivity index (χ3n) is 3.04. The number of halogens is 2. The molecule has 4 nitrogen and oxygen atoms in total. The topological polar surface area (TPSA) is 53.1 Å². The smallest absolute Gasteiger partial charge is 0.156 e. The van der Waals surface area contributed by atoms with Crippen molar-refractivity contribution in [3.63, 3.8) is 0 Å². The van der Waals surface area contributed by atoms with Gasteiger partial charge in [-0.05, 0) is 41.4 Å². The second-order valence-electron chi connectivity index (χ2n) is 4.32. The molecule has 108 valence electrons. The molecule has 0 aliphatic rings. The van der Waals surface area contributed by atoms with Crippen LogP contribution in [0.5, 0.6) is 5.75 Å². The average Bonchev–Trinajstić information content (AvgIpc) is 2.74. The number of hydrogen-bond acceptors (Lipinski definition) is 3. The van der Waals surface area contributed by atoms with E-state index in [4.69, 9.17) is 22.1 Å². The summed E-state index contributed by atoms with van der Waals surface area (Å²) in [5.41, 5.74) is 8.28. The fourth-order valence-electron chi connectivity index (χ4n) is 1.97. The van der Waals surface area contributed by atoms with E-state index in [1.165, 1.54) is 0 Å². The van der Waals surface area contributed by atoms with Crippen molar-refractivity contribution in [2.75, 3.05) is 5.73 Å². The lowest BCUT2D eigenvalue weighted by Gasteiger charge is -2.11. The molecule has 20 heavy (non-hydrogen) atoms. The summed E-state index contributed by atoms with van der Waals surface area (Å²) < 4.78 is 8.51. The van der Waals surface area contributed by atoms with E-state index >= 15 is 0 Å². The van der Waals surface area contributed by atoms with E-state index in [1.54, 1.807) is 6.07 Å². The first-order valence-corrected chi connectivity index (χ1v) is 7.66. The molecule has 1 aromatic carbocycles. The number of anilines is 1. The molecule has 0 unspecified atom stereocenters. The molecule has 0 spiro atoms. The second kappa shape index (κ2) is 6.50. The molecule has 2 rings (SSSR count). The highest BCUT2D eigenvalue weighted by Gasteiger charge is 2.16. The van der Waals surface area contributed by atoms with Crippen LogP contribution in [0.15, 0.2) is 22.7 Å². The van der Waals surface area contributed by atoms with Crippen molar-refractivity contribution in [3.8, 4) is 5.75 Å². The van der Waals surface area contributed by atoms with Gasteiger partial charge >= 0.3 is 0 Å². The molecule has 0 aliphatic heterocycles. The van der Waals surface area contributed by atoms with E-state index in [0.717, 1.165) is 28.8 Å². The number of benzene rings is 1. The zero-order valence-corrected chi connectivity index (χ0v) is 13.8. The van der Waals surface area contributed by atoms with Crippen molar-refractivity contribution in [2.45, 2.75) is 33.4 Å². The van der Waals surface area contributed by atoms with Gasteiger partial charge in [0.05, 0.1) is 26.6 Å². The maximum atomic E-state index is 6.35. The normalized spacial score (nSPS) is 10.8. The number of rotatable bonds is 5. The Morgan fingerprint density at radius 2 is 2.15 bits per heavy atom. The first-order chi connectivity index (χ1) is 9.58. The third-order valence-corrected chi connectivity index (χ3v) is 4.11. The molecule has 0 fully saturated rings. The number of nitrogen functional groups attached to an aromatic ring is 1. The highest BCUT2D eigenvalue weighted by molar-refractivity contribution is 9.10. The van der Waals surface area contributed by atoms with Crippen LogP contribution in [0.2, 0.25) is 5.02 Å². The summed E-state index contributed by atoms with van der Waals surface area (Å²) in [5.74, 6) is 0.630. The first kappa shape index (κ1) is 15.2. The van der Waals surface area contributed by atoms with Gasteiger partial charge in [-0.1, -0.05) is 24.6 Å². The van der Waals surface area contributed by atoms with Gasteiger partial charge in [0, 0.05) is 6.54 Å². The lowest BCUT2D eigenvalue weighted by molar-refractivity contribution is 0.292. The molecule has 0 bridgehead atoms. The Labute approximate surface area is 132 Å². The van der Waals surface area contributed by atoms with Crippen molar-refractivity contribution < 1.29 is 4.74 Å². The minimum atomic E-state index is 0.340. The van der Waals surface area contributed by atoms with Gasteiger partial charge in [0.2, 0.25) is 0 Å². The van der Waals surface area contributed by atoms with Gasteiger partial charge in [0.15, 0.2) is 5.75 Å². The van der Waals surface area contributed by atoms with Crippen molar-refractivity contribution >= 4 is 33.2 Å². The largest absolute Gasteiger partial charge is 0.484 e. The summed E-state index contributed by atoms with van der Waals surface area (Å²) in [7, 11) is 0. The average molecular weight is 359 g/mol. The quantitative estimate of drug-likeness (QED) is 0.821. The first-order valence-electron chi connectivity index (χ1n) is 6.49. The number of nitrogens with zero attached hydrogens (tertiary/aromatic N) is 2. The summed E-state index contributed by atoms with van der Waals surface area (Å²) >= 11 is 9.78. The van der Waals surface area contributed by atoms with E-state index in [1.807, 2.05) is 30.7 Å². The summed E-state index contributed by atoms with van der Waals surface area (Å²) in [4.78, 5) is 0. The van der Waals surface area contributed by atoms with Gasteiger partial charge in [-0.25, -0.2) is 0 Å². The lowest BCUT2D eigenvalue weighted by atomic mass is 10.3. The molecule has 0 radical (unpaired) electrons. The Balaban J connectivity index is 2.25. The molecule has 0 aliphatic carbocycles.